The van der Waals surface area contributed by atoms with Crippen molar-refractivity contribution < 1.29 is 9.53 Å². The van der Waals surface area contributed by atoms with E-state index in [0.717, 1.165) is 71.4 Å². The first-order valence-electron chi connectivity index (χ1n) is 10.5. The van der Waals surface area contributed by atoms with Crippen LogP contribution < -0.4 is 0 Å². The van der Waals surface area contributed by atoms with Crippen LogP contribution in [0.5, 0.6) is 0 Å². The summed E-state index contributed by atoms with van der Waals surface area (Å²) in [5.74, 6) is 0.770. The molecule has 1 saturated carbocycles. The Labute approximate surface area is 157 Å². The maximum absolute atomic E-state index is 12.4. The van der Waals surface area contributed by atoms with Crippen molar-refractivity contribution in [3.63, 3.8) is 0 Å². The van der Waals surface area contributed by atoms with E-state index in [1.54, 1.807) is 0 Å². The van der Waals surface area contributed by atoms with Gasteiger partial charge in [-0.1, -0.05) is 30.3 Å². The van der Waals surface area contributed by atoms with Gasteiger partial charge in [0.1, 0.15) is 0 Å². The van der Waals surface area contributed by atoms with Crippen LogP contribution in [0.15, 0.2) is 30.3 Å². The van der Waals surface area contributed by atoms with Gasteiger partial charge in [0, 0.05) is 44.3 Å². The summed E-state index contributed by atoms with van der Waals surface area (Å²) >= 11 is 0. The first-order valence-corrected chi connectivity index (χ1v) is 10.5. The summed E-state index contributed by atoms with van der Waals surface area (Å²) in [6.45, 7) is 4.81. The van der Waals surface area contributed by atoms with Gasteiger partial charge in [0.05, 0.1) is 0 Å². The van der Waals surface area contributed by atoms with Gasteiger partial charge in [-0.05, 0) is 57.1 Å². The molecule has 1 amide bonds. The molecule has 0 N–H and O–H groups in total. The van der Waals surface area contributed by atoms with Crippen molar-refractivity contribution in [2.45, 2.75) is 57.0 Å². The van der Waals surface area contributed by atoms with Crippen LogP contribution in [-0.4, -0.2) is 60.6 Å². The second-order valence-corrected chi connectivity index (χ2v) is 8.17. The molecule has 26 heavy (non-hydrogen) atoms. The standard InChI is InChI=1S/C22H32N2O2/c25-22(19-8-9-19)23-14-10-21(17-23)24(20-11-15-26-16-12-20)13-4-7-18-5-2-1-3-6-18/h1-3,5-6,19-21H,4,7-17H2. The molecule has 4 heteroatoms. The van der Waals surface area contributed by atoms with Crippen molar-refractivity contribution in [3.05, 3.63) is 35.9 Å². The van der Waals surface area contributed by atoms with E-state index in [1.807, 2.05) is 0 Å². The van der Waals surface area contributed by atoms with E-state index in [9.17, 15) is 4.79 Å². The number of nitrogens with zero attached hydrogens (tertiary/aromatic N) is 2. The van der Waals surface area contributed by atoms with Crippen molar-refractivity contribution in [1.82, 2.24) is 9.80 Å². The summed E-state index contributed by atoms with van der Waals surface area (Å²) in [5, 5.41) is 0. The topological polar surface area (TPSA) is 32.8 Å². The predicted octanol–water partition coefficient (Wildman–Crippen LogP) is 3.11. The summed E-state index contributed by atoms with van der Waals surface area (Å²) < 4.78 is 5.59. The summed E-state index contributed by atoms with van der Waals surface area (Å²) in [6.07, 6.45) is 7.96. The van der Waals surface area contributed by atoms with Gasteiger partial charge in [-0.3, -0.25) is 9.69 Å². The van der Waals surface area contributed by atoms with Gasteiger partial charge in [0.15, 0.2) is 0 Å². The number of hydrogen-bond donors (Lipinski definition) is 0. The van der Waals surface area contributed by atoms with Crippen molar-refractivity contribution >= 4 is 5.91 Å². The highest BCUT2D eigenvalue weighted by atomic mass is 16.5. The molecule has 1 aromatic rings. The smallest absolute Gasteiger partial charge is 0.225 e. The number of ether oxygens (including phenoxy) is 1. The van der Waals surface area contributed by atoms with Crippen LogP contribution in [0.4, 0.5) is 0 Å². The van der Waals surface area contributed by atoms with Gasteiger partial charge >= 0.3 is 0 Å². The lowest BCUT2D eigenvalue weighted by Gasteiger charge is -2.38. The minimum atomic E-state index is 0.350. The molecule has 142 valence electrons. The number of hydrogen-bond acceptors (Lipinski definition) is 3. The highest BCUT2D eigenvalue weighted by molar-refractivity contribution is 5.81. The molecule has 2 aliphatic heterocycles. The molecule has 1 unspecified atom stereocenters. The molecule has 2 saturated heterocycles. The Morgan fingerprint density at radius 3 is 2.54 bits per heavy atom. The number of rotatable bonds is 7. The van der Waals surface area contributed by atoms with Crippen LogP contribution in [0.2, 0.25) is 0 Å². The van der Waals surface area contributed by atoms with E-state index in [4.69, 9.17) is 4.74 Å². The molecule has 1 aromatic carbocycles. The summed E-state index contributed by atoms with van der Waals surface area (Å²) in [6, 6.07) is 12.0. The third-order valence-corrected chi connectivity index (χ3v) is 6.26. The molecule has 1 atom stereocenters. The molecule has 2 heterocycles. The predicted molar refractivity (Wildman–Crippen MR) is 103 cm³/mol. The molecule has 1 aliphatic carbocycles. The lowest BCUT2D eigenvalue weighted by molar-refractivity contribution is -0.131. The molecule has 0 radical (unpaired) electrons. The fourth-order valence-electron chi connectivity index (χ4n) is 4.59. The average Bonchev–Trinajstić information content (AvgIpc) is 3.43. The second kappa shape index (κ2) is 8.53. The molecule has 0 aromatic heterocycles. The van der Waals surface area contributed by atoms with Crippen LogP contribution in [0.3, 0.4) is 0 Å². The van der Waals surface area contributed by atoms with E-state index in [1.165, 1.54) is 12.0 Å². The molecule has 0 spiro atoms. The molecular formula is C22H32N2O2. The van der Waals surface area contributed by atoms with Crippen LogP contribution >= 0.6 is 0 Å². The van der Waals surface area contributed by atoms with Gasteiger partial charge in [0.25, 0.3) is 0 Å². The number of amides is 1. The Hall–Kier alpha value is -1.39. The largest absolute Gasteiger partial charge is 0.381 e. The van der Waals surface area contributed by atoms with E-state index in [2.05, 4.69) is 40.1 Å². The monoisotopic (exact) mass is 356 g/mol. The Balaban J connectivity index is 1.35. The minimum absolute atomic E-state index is 0.350. The number of likely N-dealkylation sites (tertiary alicyclic amines) is 1. The highest BCUT2D eigenvalue weighted by Crippen LogP contribution is 2.33. The second-order valence-electron chi connectivity index (χ2n) is 8.17. The average molecular weight is 357 g/mol. The number of carbonyl (C=O) groups excluding carboxylic acids is 1. The maximum Gasteiger partial charge on any atom is 0.225 e. The molecule has 0 bridgehead atoms. The molecular weight excluding hydrogens is 324 g/mol. The summed E-state index contributed by atoms with van der Waals surface area (Å²) in [7, 11) is 0. The van der Waals surface area contributed by atoms with Crippen LogP contribution in [-0.2, 0) is 16.0 Å². The van der Waals surface area contributed by atoms with Crippen LogP contribution in [0.25, 0.3) is 0 Å². The van der Waals surface area contributed by atoms with Crippen LogP contribution in [0, 0.1) is 5.92 Å². The fraction of sp³-hybridized carbons (Fsp3) is 0.682. The first-order chi connectivity index (χ1) is 12.8. The van der Waals surface area contributed by atoms with Crippen molar-refractivity contribution in [2.75, 3.05) is 32.8 Å². The van der Waals surface area contributed by atoms with Crippen LogP contribution in [0.1, 0.15) is 44.1 Å². The zero-order valence-electron chi connectivity index (χ0n) is 15.8. The normalized spacial score (nSPS) is 24.3. The molecule has 4 rings (SSSR count). The quantitative estimate of drug-likeness (QED) is 0.753. The zero-order valence-corrected chi connectivity index (χ0v) is 15.8. The van der Waals surface area contributed by atoms with Crippen molar-refractivity contribution in [2.24, 2.45) is 5.92 Å². The lowest BCUT2D eigenvalue weighted by atomic mass is 10.0. The lowest BCUT2D eigenvalue weighted by Crippen LogP contribution is -2.48. The number of benzene rings is 1. The van der Waals surface area contributed by atoms with Crippen molar-refractivity contribution in [3.8, 4) is 0 Å². The Morgan fingerprint density at radius 1 is 1.04 bits per heavy atom. The Kier molecular flexibility index (Phi) is 5.91. The van der Waals surface area contributed by atoms with E-state index in [-0.39, 0.29) is 0 Å². The summed E-state index contributed by atoms with van der Waals surface area (Å²) in [5.41, 5.74) is 1.43. The van der Waals surface area contributed by atoms with E-state index < -0.39 is 0 Å². The van der Waals surface area contributed by atoms with E-state index >= 15 is 0 Å². The molecule has 4 nitrogen and oxygen atoms in total. The third-order valence-electron chi connectivity index (χ3n) is 6.26. The van der Waals surface area contributed by atoms with Gasteiger partial charge < -0.3 is 9.64 Å². The molecule has 3 fully saturated rings. The summed E-state index contributed by atoms with van der Waals surface area (Å²) in [4.78, 5) is 17.3. The Morgan fingerprint density at radius 2 is 1.81 bits per heavy atom. The Bertz CT molecular complexity index is 581. The maximum atomic E-state index is 12.4. The number of aryl methyl sites for hydroxylation is 1. The fourth-order valence-corrected chi connectivity index (χ4v) is 4.59. The SMILES string of the molecule is O=C(C1CC1)N1CCC(N(CCCc2ccccc2)C2CCOCC2)C1. The van der Waals surface area contributed by atoms with E-state index in [0.29, 0.717) is 23.9 Å². The van der Waals surface area contributed by atoms with Gasteiger partial charge in [-0.15, -0.1) is 0 Å². The minimum Gasteiger partial charge on any atom is -0.381 e. The van der Waals surface area contributed by atoms with Gasteiger partial charge in [-0.25, -0.2) is 0 Å². The molecule has 3 aliphatic rings. The third kappa shape index (κ3) is 4.47. The first kappa shape index (κ1) is 18.0. The van der Waals surface area contributed by atoms with Gasteiger partial charge in [0.2, 0.25) is 5.91 Å². The zero-order chi connectivity index (χ0) is 17.8. The van der Waals surface area contributed by atoms with Gasteiger partial charge in [-0.2, -0.15) is 0 Å². The highest BCUT2D eigenvalue weighted by Gasteiger charge is 2.39. The van der Waals surface area contributed by atoms with Crippen molar-refractivity contribution in [1.29, 1.82) is 0 Å². The number of carbonyl (C=O) groups is 1.